The molecule has 2 aromatic rings. The topological polar surface area (TPSA) is 62.5 Å². The van der Waals surface area contributed by atoms with Crippen molar-refractivity contribution in [3.05, 3.63) is 62.5 Å². The van der Waals surface area contributed by atoms with Crippen molar-refractivity contribution in [2.45, 2.75) is 13.0 Å². The first-order valence-corrected chi connectivity index (χ1v) is 6.67. The summed E-state index contributed by atoms with van der Waals surface area (Å²) in [5.41, 5.74) is 1.10. The average molecular weight is 324 g/mol. The minimum atomic E-state index is -0.402. The van der Waals surface area contributed by atoms with Gasteiger partial charge in [-0.1, -0.05) is 28.1 Å². The molecule has 0 fully saturated rings. The van der Waals surface area contributed by atoms with Crippen molar-refractivity contribution in [3.8, 4) is 5.75 Å². The molecule has 0 atom stereocenters. The first-order chi connectivity index (χ1) is 9.11. The van der Waals surface area contributed by atoms with Gasteiger partial charge in [0.1, 0.15) is 0 Å². The largest absolute Gasteiger partial charge is 0.503 e. The third kappa shape index (κ3) is 3.24. The average Bonchev–Trinajstić information content (AvgIpc) is 2.41. The van der Waals surface area contributed by atoms with Gasteiger partial charge in [0.25, 0.3) is 0 Å². The number of rotatable bonds is 4. The summed E-state index contributed by atoms with van der Waals surface area (Å²) in [5, 5.41) is 18.9. The fraction of sp³-hybridized carbons (Fsp3) is 0.214. The molecule has 0 aliphatic heterocycles. The van der Waals surface area contributed by atoms with E-state index in [2.05, 4.69) is 15.9 Å². The molecule has 0 spiro atoms. The van der Waals surface area contributed by atoms with E-state index in [4.69, 9.17) is 5.11 Å². The lowest BCUT2D eigenvalue weighted by molar-refractivity contribution is 0.273. The van der Waals surface area contributed by atoms with Crippen LogP contribution in [0.3, 0.4) is 0 Å². The fourth-order valence-corrected chi connectivity index (χ4v) is 2.17. The number of aromatic nitrogens is 1. The molecule has 19 heavy (non-hydrogen) atoms. The maximum absolute atomic E-state index is 11.5. The highest BCUT2D eigenvalue weighted by Gasteiger charge is 2.10. The first-order valence-electron chi connectivity index (χ1n) is 5.88. The van der Waals surface area contributed by atoms with Gasteiger partial charge in [0.2, 0.25) is 5.43 Å². The Hall–Kier alpha value is -1.59. The molecule has 100 valence electrons. The van der Waals surface area contributed by atoms with E-state index in [1.54, 1.807) is 10.8 Å². The monoisotopic (exact) mass is 323 g/mol. The summed E-state index contributed by atoms with van der Waals surface area (Å²) >= 11 is 3.36. The third-order valence-electron chi connectivity index (χ3n) is 2.89. The smallest absolute Gasteiger partial charge is 0.223 e. The van der Waals surface area contributed by atoms with E-state index in [1.807, 2.05) is 24.3 Å². The summed E-state index contributed by atoms with van der Waals surface area (Å²) in [6.45, 7) is 0.301. The Bertz CT molecular complexity index is 620. The van der Waals surface area contributed by atoms with Crippen LogP contribution in [0.25, 0.3) is 0 Å². The van der Waals surface area contributed by atoms with Crippen LogP contribution in [0.15, 0.2) is 45.8 Å². The van der Waals surface area contributed by atoms with Gasteiger partial charge in [-0.25, -0.2) is 0 Å². The van der Waals surface area contributed by atoms with Crippen molar-refractivity contribution in [2.24, 2.45) is 0 Å². The Morgan fingerprint density at radius 2 is 1.84 bits per heavy atom. The quantitative estimate of drug-likeness (QED) is 0.903. The van der Waals surface area contributed by atoms with Gasteiger partial charge in [0.15, 0.2) is 5.75 Å². The lowest BCUT2D eigenvalue weighted by Crippen LogP contribution is -2.14. The Labute approximate surface area is 119 Å². The molecule has 2 rings (SSSR count). The molecule has 1 aromatic heterocycles. The summed E-state index contributed by atoms with van der Waals surface area (Å²) in [6.07, 6.45) is 2.03. The van der Waals surface area contributed by atoms with Gasteiger partial charge in [-0.2, -0.15) is 0 Å². The van der Waals surface area contributed by atoms with Crippen LogP contribution in [-0.2, 0) is 13.0 Å². The fourth-order valence-electron chi connectivity index (χ4n) is 1.90. The van der Waals surface area contributed by atoms with Crippen molar-refractivity contribution in [1.29, 1.82) is 0 Å². The number of pyridine rings is 1. The SMILES string of the molecule is O=c1ccn(CCO)c(Cc2ccc(Br)cc2)c1O. The zero-order valence-corrected chi connectivity index (χ0v) is 11.8. The molecule has 5 heteroatoms. The predicted octanol–water partition coefficient (Wildman–Crippen LogP) is 1.90. The van der Waals surface area contributed by atoms with Crippen LogP contribution in [-0.4, -0.2) is 21.4 Å². The summed E-state index contributed by atoms with van der Waals surface area (Å²) < 4.78 is 2.67. The van der Waals surface area contributed by atoms with Crippen molar-refractivity contribution in [3.63, 3.8) is 0 Å². The van der Waals surface area contributed by atoms with E-state index in [0.29, 0.717) is 18.7 Å². The van der Waals surface area contributed by atoms with E-state index in [1.165, 1.54) is 6.07 Å². The molecule has 0 bridgehead atoms. The lowest BCUT2D eigenvalue weighted by atomic mass is 10.1. The lowest BCUT2D eigenvalue weighted by Gasteiger charge is -2.13. The Kier molecular flexibility index (Phi) is 4.39. The normalized spacial score (nSPS) is 10.6. The van der Waals surface area contributed by atoms with Gasteiger partial charge in [-0.05, 0) is 17.7 Å². The van der Waals surface area contributed by atoms with E-state index in [-0.39, 0.29) is 12.4 Å². The van der Waals surface area contributed by atoms with Crippen molar-refractivity contribution >= 4 is 15.9 Å². The highest BCUT2D eigenvalue weighted by molar-refractivity contribution is 9.10. The van der Waals surface area contributed by atoms with Crippen molar-refractivity contribution < 1.29 is 10.2 Å². The van der Waals surface area contributed by atoms with Gasteiger partial charge >= 0.3 is 0 Å². The molecular weight excluding hydrogens is 310 g/mol. The molecule has 0 aliphatic rings. The Balaban J connectivity index is 2.39. The number of aliphatic hydroxyl groups is 1. The number of halogens is 1. The van der Waals surface area contributed by atoms with Crippen LogP contribution < -0.4 is 5.43 Å². The summed E-state index contributed by atoms with van der Waals surface area (Å²) in [4.78, 5) is 11.5. The van der Waals surface area contributed by atoms with Crippen LogP contribution in [0.1, 0.15) is 11.3 Å². The van der Waals surface area contributed by atoms with E-state index in [0.717, 1.165) is 10.0 Å². The highest BCUT2D eigenvalue weighted by Crippen LogP contribution is 2.18. The third-order valence-corrected chi connectivity index (χ3v) is 3.41. The number of aliphatic hydroxyl groups excluding tert-OH is 1. The molecule has 1 heterocycles. The summed E-state index contributed by atoms with van der Waals surface area (Å²) in [6, 6.07) is 8.96. The van der Waals surface area contributed by atoms with E-state index >= 15 is 0 Å². The van der Waals surface area contributed by atoms with E-state index in [9.17, 15) is 9.90 Å². The van der Waals surface area contributed by atoms with Gasteiger partial charge in [-0.15, -0.1) is 0 Å². The molecular formula is C14H14BrNO3. The standard InChI is InChI=1S/C14H14BrNO3/c15-11-3-1-10(2-4-11)9-12-14(19)13(18)5-6-16(12)7-8-17/h1-6,17,19H,7-9H2. The summed E-state index contributed by atoms with van der Waals surface area (Å²) in [7, 11) is 0. The number of aromatic hydroxyl groups is 1. The highest BCUT2D eigenvalue weighted by atomic mass is 79.9. The van der Waals surface area contributed by atoms with Gasteiger partial charge < -0.3 is 14.8 Å². The molecule has 0 radical (unpaired) electrons. The predicted molar refractivity (Wildman–Crippen MR) is 76.4 cm³/mol. The molecule has 2 N–H and O–H groups in total. The van der Waals surface area contributed by atoms with Crippen LogP contribution in [0.2, 0.25) is 0 Å². The maximum atomic E-state index is 11.5. The molecule has 0 amide bonds. The van der Waals surface area contributed by atoms with Gasteiger partial charge in [0.05, 0.1) is 12.3 Å². The van der Waals surface area contributed by atoms with Crippen molar-refractivity contribution in [1.82, 2.24) is 4.57 Å². The zero-order chi connectivity index (χ0) is 13.8. The second-order valence-corrected chi connectivity index (χ2v) is 5.11. The van der Waals surface area contributed by atoms with Gasteiger partial charge in [0, 0.05) is 29.7 Å². The van der Waals surface area contributed by atoms with E-state index < -0.39 is 5.43 Å². The van der Waals surface area contributed by atoms with Gasteiger partial charge in [-0.3, -0.25) is 4.79 Å². The minimum Gasteiger partial charge on any atom is -0.503 e. The number of hydrogen-bond donors (Lipinski definition) is 2. The zero-order valence-electron chi connectivity index (χ0n) is 10.2. The minimum absolute atomic E-state index is 0.0460. The number of nitrogens with zero attached hydrogens (tertiary/aromatic N) is 1. The number of hydrogen-bond acceptors (Lipinski definition) is 3. The number of benzene rings is 1. The molecule has 0 saturated heterocycles. The molecule has 0 saturated carbocycles. The summed E-state index contributed by atoms with van der Waals surface area (Å²) in [5.74, 6) is -0.251. The van der Waals surface area contributed by atoms with Crippen LogP contribution >= 0.6 is 15.9 Å². The molecule has 4 nitrogen and oxygen atoms in total. The Morgan fingerprint density at radius 1 is 1.16 bits per heavy atom. The Morgan fingerprint density at radius 3 is 2.47 bits per heavy atom. The molecule has 1 aromatic carbocycles. The maximum Gasteiger partial charge on any atom is 0.223 e. The van der Waals surface area contributed by atoms with Crippen molar-refractivity contribution in [2.75, 3.05) is 6.61 Å². The molecule has 0 aliphatic carbocycles. The first kappa shape index (κ1) is 13.8. The second-order valence-electron chi connectivity index (χ2n) is 4.20. The van der Waals surface area contributed by atoms with Crippen LogP contribution in [0, 0.1) is 0 Å². The van der Waals surface area contributed by atoms with Crippen LogP contribution in [0.4, 0.5) is 0 Å². The second kappa shape index (κ2) is 6.04. The van der Waals surface area contributed by atoms with Crippen LogP contribution in [0.5, 0.6) is 5.75 Å². The molecule has 0 unspecified atom stereocenters.